The number of nitrogens with zero attached hydrogens (tertiary/aromatic N) is 3. The van der Waals surface area contributed by atoms with Gasteiger partial charge in [-0.15, -0.1) is 0 Å². The number of nitrogens with one attached hydrogen (secondary N) is 2. The van der Waals surface area contributed by atoms with E-state index in [1.807, 2.05) is 25.3 Å². The van der Waals surface area contributed by atoms with Crippen molar-refractivity contribution in [3.8, 4) is 0 Å². The number of carbonyl (C=O) groups excluding carboxylic acids is 1. The zero-order valence-corrected chi connectivity index (χ0v) is 19.3. The molecular weight excluding hydrogens is 478 g/mol. The number of benzene rings is 1. The molecule has 0 saturated heterocycles. The molecule has 0 radical (unpaired) electrons. The Balaban J connectivity index is 1.37. The molecule has 3 heterocycles. The second-order valence-electron chi connectivity index (χ2n) is 7.51. The van der Waals surface area contributed by atoms with Crippen molar-refractivity contribution >= 4 is 33.0 Å². The molecule has 35 heavy (non-hydrogen) atoms. The molecule has 3 aromatic heterocycles. The molecule has 0 unspecified atom stereocenters. The zero-order chi connectivity index (χ0) is 25.0. The highest BCUT2D eigenvalue weighted by Gasteiger charge is 2.22. The number of esters is 1. The van der Waals surface area contributed by atoms with Gasteiger partial charge in [-0.05, 0) is 42.8 Å². The predicted octanol–water partition coefficient (Wildman–Crippen LogP) is 2.78. The van der Waals surface area contributed by atoms with Gasteiger partial charge in [-0.1, -0.05) is 6.07 Å². The smallest absolute Gasteiger partial charge is 0.321 e. The highest BCUT2D eigenvalue weighted by molar-refractivity contribution is 7.89. The SMILES string of the molecule is Cc1cccn2cc(COC(=O)CNS(=O)(=O)c3ccc(NCc4ccco4)c([N+](=O)[O-])c3)nc12. The van der Waals surface area contributed by atoms with Crippen molar-refractivity contribution in [1.29, 1.82) is 0 Å². The van der Waals surface area contributed by atoms with Gasteiger partial charge in [-0.2, -0.15) is 4.72 Å². The standard InChI is InChI=1S/C22H21N5O7S/c1-15-4-2-8-26-13-16(25-22(15)26)14-34-21(28)12-24-35(31,32)18-6-7-19(20(10-18)27(29)30)23-11-17-5-3-9-33-17/h2-10,13,23-24H,11-12,14H2,1H3. The average Bonchev–Trinajstić information content (AvgIpc) is 3.50. The number of aryl methyl sites for hydroxylation is 1. The Bertz CT molecular complexity index is 1480. The Morgan fingerprint density at radius 3 is 2.80 bits per heavy atom. The van der Waals surface area contributed by atoms with E-state index in [-0.39, 0.29) is 23.7 Å². The summed E-state index contributed by atoms with van der Waals surface area (Å²) >= 11 is 0. The molecule has 0 bridgehead atoms. The molecule has 0 amide bonds. The second kappa shape index (κ2) is 9.95. The van der Waals surface area contributed by atoms with Gasteiger partial charge >= 0.3 is 5.97 Å². The Morgan fingerprint density at radius 2 is 2.09 bits per heavy atom. The van der Waals surface area contributed by atoms with Crippen molar-refractivity contribution in [2.24, 2.45) is 0 Å². The number of sulfonamides is 1. The summed E-state index contributed by atoms with van der Waals surface area (Å²) in [5.41, 5.74) is 1.86. The quantitative estimate of drug-likeness (QED) is 0.190. The van der Waals surface area contributed by atoms with Gasteiger partial charge < -0.3 is 18.9 Å². The third-order valence-corrected chi connectivity index (χ3v) is 6.42. The van der Waals surface area contributed by atoms with Gasteiger partial charge in [0.1, 0.15) is 30.2 Å². The van der Waals surface area contributed by atoms with Crippen LogP contribution in [0.3, 0.4) is 0 Å². The summed E-state index contributed by atoms with van der Waals surface area (Å²) in [5.74, 6) is -0.275. The first-order chi connectivity index (χ1) is 16.7. The first kappa shape index (κ1) is 23.9. The molecule has 0 aliphatic rings. The van der Waals surface area contributed by atoms with Crippen LogP contribution in [0, 0.1) is 17.0 Å². The van der Waals surface area contributed by atoms with Crippen LogP contribution >= 0.6 is 0 Å². The molecule has 182 valence electrons. The maximum atomic E-state index is 12.6. The van der Waals surface area contributed by atoms with Crippen molar-refractivity contribution in [2.75, 3.05) is 11.9 Å². The molecule has 1 aromatic carbocycles. The second-order valence-corrected chi connectivity index (χ2v) is 9.28. The van der Waals surface area contributed by atoms with E-state index in [1.165, 1.54) is 18.4 Å². The Morgan fingerprint density at radius 1 is 1.26 bits per heavy atom. The predicted molar refractivity (Wildman–Crippen MR) is 124 cm³/mol. The normalized spacial score (nSPS) is 11.5. The molecule has 0 atom stereocenters. The monoisotopic (exact) mass is 499 g/mol. The third-order valence-electron chi connectivity index (χ3n) is 5.02. The fraction of sp³-hybridized carbons (Fsp3) is 0.182. The van der Waals surface area contributed by atoms with Crippen molar-refractivity contribution < 1.29 is 27.3 Å². The minimum atomic E-state index is -4.22. The minimum Gasteiger partial charge on any atom is -0.467 e. The molecule has 0 fully saturated rings. The Labute approximate surface area is 199 Å². The van der Waals surface area contributed by atoms with Gasteiger partial charge in [-0.3, -0.25) is 14.9 Å². The van der Waals surface area contributed by atoms with E-state index in [4.69, 9.17) is 9.15 Å². The summed E-state index contributed by atoms with van der Waals surface area (Å²) in [7, 11) is -4.22. The minimum absolute atomic E-state index is 0.118. The highest BCUT2D eigenvalue weighted by atomic mass is 32.2. The zero-order valence-electron chi connectivity index (χ0n) is 18.5. The fourth-order valence-corrected chi connectivity index (χ4v) is 4.28. The van der Waals surface area contributed by atoms with Gasteiger partial charge in [0.05, 0.1) is 28.3 Å². The first-order valence-electron chi connectivity index (χ1n) is 10.4. The maximum Gasteiger partial charge on any atom is 0.321 e. The van der Waals surface area contributed by atoms with E-state index in [0.29, 0.717) is 11.5 Å². The molecule has 4 aromatic rings. The van der Waals surface area contributed by atoms with Crippen molar-refractivity contribution in [1.82, 2.24) is 14.1 Å². The number of aromatic nitrogens is 2. The van der Waals surface area contributed by atoms with Gasteiger partial charge in [0.2, 0.25) is 10.0 Å². The number of rotatable bonds is 10. The molecule has 0 aliphatic heterocycles. The van der Waals surface area contributed by atoms with Crippen LogP contribution in [0.5, 0.6) is 0 Å². The molecule has 0 aliphatic carbocycles. The topological polar surface area (TPSA) is 158 Å². The highest BCUT2D eigenvalue weighted by Crippen LogP contribution is 2.28. The van der Waals surface area contributed by atoms with Crippen LogP contribution in [0.4, 0.5) is 11.4 Å². The van der Waals surface area contributed by atoms with Crippen molar-refractivity contribution in [3.63, 3.8) is 0 Å². The largest absolute Gasteiger partial charge is 0.467 e. The number of pyridine rings is 1. The lowest BCUT2D eigenvalue weighted by Crippen LogP contribution is -2.30. The number of imidazole rings is 1. The van der Waals surface area contributed by atoms with Crippen LogP contribution in [0.2, 0.25) is 0 Å². The van der Waals surface area contributed by atoms with Gasteiger partial charge in [0, 0.05) is 18.5 Å². The molecule has 0 saturated carbocycles. The third kappa shape index (κ3) is 5.65. The number of hydrogen-bond acceptors (Lipinski definition) is 9. The molecule has 4 rings (SSSR count). The number of ether oxygens (including phenoxy) is 1. The van der Waals surface area contributed by atoms with E-state index >= 15 is 0 Å². The van der Waals surface area contributed by atoms with E-state index < -0.39 is 33.1 Å². The van der Waals surface area contributed by atoms with E-state index in [9.17, 15) is 23.3 Å². The van der Waals surface area contributed by atoms with Crippen LogP contribution in [0.15, 0.2) is 70.4 Å². The van der Waals surface area contributed by atoms with Crippen LogP contribution < -0.4 is 10.0 Å². The van der Waals surface area contributed by atoms with Gasteiger partial charge in [0.15, 0.2) is 0 Å². The average molecular weight is 500 g/mol. The summed E-state index contributed by atoms with van der Waals surface area (Å²) in [6.45, 7) is 1.29. The fourth-order valence-electron chi connectivity index (χ4n) is 3.29. The number of anilines is 1. The van der Waals surface area contributed by atoms with Crippen molar-refractivity contribution in [3.05, 3.63) is 88.3 Å². The summed E-state index contributed by atoms with van der Waals surface area (Å²) in [5, 5.41) is 14.3. The lowest BCUT2D eigenvalue weighted by Gasteiger charge is -2.09. The molecule has 2 N–H and O–H groups in total. The molecule has 0 spiro atoms. The van der Waals surface area contributed by atoms with Crippen LogP contribution in [-0.2, 0) is 32.7 Å². The summed E-state index contributed by atoms with van der Waals surface area (Å²) in [6.07, 6.45) is 4.99. The summed E-state index contributed by atoms with van der Waals surface area (Å²) in [6, 6.07) is 10.5. The van der Waals surface area contributed by atoms with Gasteiger partial charge in [-0.25, -0.2) is 13.4 Å². The Kier molecular flexibility index (Phi) is 6.80. The number of hydrogen-bond donors (Lipinski definition) is 2. The lowest BCUT2D eigenvalue weighted by atomic mass is 10.2. The van der Waals surface area contributed by atoms with E-state index in [2.05, 4.69) is 15.0 Å². The number of furan rings is 1. The number of carbonyl (C=O) groups is 1. The Hall–Kier alpha value is -4.23. The van der Waals surface area contributed by atoms with Gasteiger partial charge in [0.25, 0.3) is 5.69 Å². The van der Waals surface area contributed by atoms with E-state index in [1.54, 1.807) is 22.7 Å². The lowest BCUT2D eigenvalue weighted by molar-refractivity contribution is -0.384. The molecular formula is C22H21N5O7S. The van der Waals surface area contributed by atoms with Crippen LogP contribution in [-0.4, -0.2) is 35.2 Å². The first-order valence-corrected chi connectivity index (χ1v) is 11.8. The molecule has 12 nitrogen and oxygen atoms in total. The number of nitro groups is 1. The summed E-state index contributed by atoms with van der Waals surface area (Å²) < 4.78 is 39.4. The van der Waals surface area contributed by atoms with Crippen LogP contribution in [0.1, 0.15) is 17.0 Å². The van der Waals surface area contributed by atoms with Crippen molar-refractivity contribution in [2.45, 2.75) is 25.0 Å². The molecule has 13 heteroatoms. The van der Waals surface area contributed by atoms with Crippen LogP contribution in [0.25, 0.3) is 5.65 Å². The number of fused-ring (bicyclic) bond motifs is 1. The number of nitro benzene ring substituents is 1. The summed E-state index contributed by atoms with van der Waals surface area (Å²) in [4.78, 5) is 26.9. The maximum absolute atomic E-state index is 12.6. The van der Waals surface area contributed by atoms with E-state index in [0.717, 1.165) is 17.3 Å².